The number of rotatable bonds is 4. The largest absolute Gasteiger partial charge is 0.397 e. The van der Waals surface area contributed by atoms with Gasteiger partial charge in [0.15, 0.2) is 0 Å². The molecule has 5 nitrogen and oxygen atoms in total. The average Bonchev–Trinajstić information content (AvgIpc) is 2.87. The number of pyridine rings is 1. The van der Waals surface area contributed by atoms with Gasteiger partial charge in [-0.05, 0) is 56.5 Å². The predicted octanol–water partition coefficient (Wildman–Crippen LogP) is 4.32. The van der Waals surface area contributed by atoms with Crippen LogP contribution in [0.2, 0.25) is 5.02 Å². The molecule has 0 spiro atoms. The zero-order chi connectivity index (χ0) is 19.0. The van der Waals surface area contributed by atoms with Crippen LogP contribution in [0, 0.1) is 13.8 Å². The van der Waals surface area contributed by atoms with Gasteiger partial charge in [0, 0.05) is 21.8 Å². The molecule has 1 aromatic carbocycles. The topological polar surface area (TPSA) is 88.2 Å². The second kappa shape index (κ2) is 7.23. The van der Waals surface area contributed by atoms with E-state index in [1.807, 2.05) is 26.0 Å². The number of hydrogen-bond donors (Lipinski definition) is 3. The van der Waals surface area contributed by atoms with Crippen molar-refractivity contribution in [2.24, 2.45) is 0 Å². The van der Waals surface area contributed by atoms with Crippen molar-refractivity contribution in [2.45, 2.75) is 33.3 Å². The van der Waals surface area contributed by atoms with Crippen LogP contribution in [0.1, 0.15) is 33.4 Å². The van der Waals surface area contributed by atoms with Crippen molar-refractivity contribution < 1.29 is 9.90 Å². The van der Waals surface area contributed by atoms with E-state index in [0.717, 1.165) is 22.2 Å². The van der Waals surface area contributed by atoms with Gasteiger partial charge in [0.1, 0.15) is 9.71 Å². The van der Waals surface area contributed by atoms with Crippen LogP contribution in [-0.2, 0) is 6.42 Å². The molecule has 26 heavy (non-hydrogen) atoms. The van der Waals surface area contributed by atoms with Gasteiger partial charge >= 0.3 is 0 Å². The second-order valence-electron chi connectivity index (χ2n) is 6.42. The van der Waals surface area contributed by atoms with Gasteiger partial charge in [-0.25, -0.2) is 4.98 Å². The van der Waals surface area contributed by atoms with Gasteiger partial charge < -0.3 is 16.2 Å². The maximum Gasteiger partial charge on any atom is 0.267 e. The summed E-state index contributed by atoms with van der Waals surface area (Å²) in [7, 11) is 0. The first kappa shape index (κ1) is 18.6. The van der Waals surface area contributed by atoms with Crippen LogP contribution in [0.25, 0.3) is 10.2 Å². The van der Waals surface area contributed by atoms with Crippen LogP contribution in [0.5, 0.6) is 0 Å². The van der Waals surface area contributed by atoms with Crippen LogP contribution in [0.15, 0.2) is 24.3 Å². The van der Waals surface area contributed by atoms with Gasteiger partial charge in [0.25, 0.3) is 5.91 Å². The van der Waals surface area contributed by atoms with Crippen molar-refractivity contribution in [3.8, 4) is 0 Å². The predicted molar refractivity (Wildman–Crippen MR) is 108 cm³/mol. The molecule has 2 aromatic heterocycles. The summed E-state index contributed by atoms with van der Waals surface area (Å²) in [4.78, 5) is 18.3. The number of benzene rings is 1. The summed E-state index contributed by atoms with van der Waals surface area (Å²) in [6, 6.07) is 7.25. The summed E-state index contributed by atoms with van der Waals surface area (Å²) in [5.41, 5.74) is 9.94. The van der Waals surface area contributed by atoms with Gasteiger partial charge in [-0.1, -0.05) is 17.7 Å². The number of nitrogen functional groups attached to an aromatic ring is 1. The zero-order valence-corrected chi connectivity index (χ0v) is 16.3. The molecule has 1 amide bonds. The van der Waals surface area contributed by atoms with Crippen molar-refractivity contribution in [3.63, 3.8) is 0 Å². The van der Waals surface area contributed by atoms with Crippen LogP contribution in [-0.4, -0.2) is 22.1 Å². The van der Waals surface area contributed by atoms with Crippen LogP contribution in [0.3, 0.4) is 0 Å². The molecule has 1 unspecified atom stereocenters. The van der Waals surface area contributed by atoms with Crippen LogP contribution < -0.4 is 11.1 Å². The van der Waals surface area contributed by atoms with Crippen molar-refractivity contribution in [3.05, 3.63) is 51.0 Å². The summed E-state index contributed by atoms with van der Waals surface area (Å²) in [6.45, 7) is 5.50. The van der Waals surface area contributed by atoms with E-state index < -0.39 is 6.10 Å². The minimum Gasteiger partial charge on any atom is -0.397 e. The van der Waals surface area contributed by atoms with E-state index >= 15 is 0 Å². The first-order valence-corrected chi connectivity index (χ1v) is 9.39. The smallest absolute Gasteiger partial charge is 0.267 e. The van der Waals surface area contributed by atoms with Gasteiger partial charge in [-0.2, -0.15) is 0 Å². The van der Waals surface area contributed by atoms with Crippen molar-refractivity contribution in [2.75, 3.05) is 11.1 Å². The van der Waals surface area contributed by atoms with Crippen LogP contribution in [0.4, 0.5) is 11.4 Å². The number of aliphatic hydroxyl groups excluding tert-OH is 1. The van der Waals surface area contributed by atoms with Gasteiger partial charge in [-0.3, -0.25) is 4.79 Å². The van der Waals surface area contributed by atoms with E-state index in [-0.39, 0.29) is 5.91 Å². The van der Waals surface area contributed by atoms with Crippen molar-refractivity contribution in [1.29, 1.82) is 0 Å². The molecule has 1 atom stereocenters. The van der Waals surface area contributed by atoms with Gasteiger partial charge in [-0.15, -0.1) is 11.3 Å². The quantitative estimate of drug-likeness (QED) is 0.619. The number of halogens is 1. The van der Waals surface area contributed by atoms with E-state index in [9.17, 15) is 9.90 Å². The van der Waals surface area contributed by atoms with E-state index in [2.05, 4.69) is 10.3 Å². The highest BCUT2D eigenvalue weighted by atomic mass is 35.5. The summed E-state index contributed by atoms with van der Waals surface area (Å²) < 4.78 is 0. The molecule has 0 fully saturated rings. The fourth-order valence-corrected chi connectivity index (χ4v) is 4.11. The molecule has 0 aliphatic carbocycles. The number of aryl methyl sites for hydroxylation is 2. The number of nitrogens with zero attached hydrogens (tertiary/aromatic N) is 1. The third-order valence-electron chi connectivity index (χ3n) is 4.06. The summed E-state index contributed by atoms with van der Waals surface area (Å²) >= 11 is 7.37. The molecular formula is C19H20ClN3O2S. The summed E-state index contributed by atoms with van der Waals surface area (Å²) in [5, 5.41) is 13.9. The Labute approximate surface area is 160 Å². The lowest BCUT2D eigenvalue weighted by atomic mass is 10.0. The molecular weight excluding hydrogens is 370 g/mol. The number of nitrogens with one attached hydrogen (secondary N) is 1. The van der Waals surface area contributed by atoms with Crippen LogP contribution >= 0.6 is 22.9 Å². The Kier molecular flexibility index (Phi) is 5.18. The minimum absolute atomic E-state index is 0.300. The normalized spacial score (nSPS) is 12.3. The number of hydrogen-bond acceptors (Lipinski definition) is 5. The Hall–Kier alpha value is -2.15. The van der Waals surface area contributed by atoms with Gasteiger partial charge in [0.05, 0.1) is 11.8 Å². The Bertz CT molecular complexity index is 998. The first-order valence-electron chi connectivity index (χ1n) is 8.20. The van der Waals surface area contributed by atoms with Crippen molar-refractivity contribution in [1.82, 2.24) is 4.98 Å². The molecule has 7 heteroatoms. The van der Waals surface area contributed by atoms with E-state index in [1.165, 1.54) is 11.3 Å². The minimum atomic E-state index is -0.508. The lowest BCUT2D eigenvalue weighted by Crippen LogP contribution is -2.12. The average molecular weight is 390 g/mol. The highest BCUT2D eigenvalue weighted by Crippen LogP contribution is 2.36. The Balaban J connectivity index is 2.00. The lowest BCUT2D eigenvalue weighted by Gasteiger charge is -2.08. The number of carbonyl (C=O) groups is 1. The number of aromatic nitrogens is 1. The van der Waals surface area contributed by atoms with E-state index in [4.69, 9.17) is 17.3 Å². The van der Waals surface area contributed by atoms with Crippen molar-refractivity contribution >= 4 is 50.4 Å². The summed E-state index contributed by atoms with van der Waals surface area (Å²) in [5.74, 6) is -0.300. The summed E-state index contributed by atoms with van der Waals surface area (Å²) in [6.07, 6.45) is -0.0543. The lowest BCUT2D eigenvalue weighted by molar-refractivity contribution is 0.103. The second-order valence-corrected chi connectivity index (χ2v) is 7.83. The molecule has 0 radical (unpaired) electrons. The molecule has 3 rings (SSSR count). The monoisotopic (exact) mass is 389 g/mol. The number of thiophene rings is 1. The Morgan fingerprint density at radius 1 is 1.38 bits per heavy atom. The molecule has 0 aliphatic heterocycles. The number of aliphatic hydroxyl groups is 1. The molecule has 0 saturated heterocycles. The Morgan fingerprint density at radius 2 is 2.12 bits per heavy atom. The maximum atomic E-state index is 12.7. The molecule has 0 saturated carbocycles. The molecule has 3 aromatic rings. The standard InChI is InChI=1S/C19H20ClN3O2S/c1-9-4-5-13(8-14(9)20)23-18(25)17-16(21)15-12(7-11(3)24)6-10(2)22-19(15)26-17/h4-6,8,11,24H,7,21H2,1-3H3,(H,23,25). The molecule has 0 bridgehead atoms. The molecule has 0 aliphatic rings. The third-order valence-corrected chi connectivity index (χ3v) is 5.57. The van der Waals surface area contributed by atoms with Gasteiger partial charge in [0.2, 0.25) is 0 Å². The fourth-order valence-electron chi connectivity index (χ4n) is 2.84. The molecule has 136 valence electrons. The molecule has 4 N–H and O–H groups in total. The zero-order valence-electron chi connectivity index (χ0n) is 14.8. The first-order chi connectivity index (χ1) is 12.3. The third kappa shape index (κ3) is 3.67. The number of fused-ring (bicyclic) bond motifs is 1. The van der Waals surface area contributed by atoms with E-state index in [0.29, 0.717) is 32.5 Å². The molecule has 2 heterocycles. The number of amides is 1. The van der Waals surface area contributed by atoms with E-state index in [1.54, 1.807) is 19.1 Å². The fraction of sp³-hybridized carbons (Fsp3) is 0.263. The number of anilines is 2. The highest BCUT2D eigenvalue weighted by molar-refractivity contribution is 7.21. The number of carbonyl (C=O) groups excluding carboxylic acids is 1. The SMILES string of the molecule is Cc1cc(CC(C)O)c2c(N)c(C(=O)Nc3ccc(C)c(Cl)c3)sc2n1. The number of nitrogens with two attached hydrogens (primary N) is 1. The maximum absolute atomic E-state index is 12.7. The Morgan fingerprint density at radius 3 is 2.77 bits per heavy atom. The highest BCUT2D eigenvalue weighted by Gasteiger charge is 2.21.